The monoisotopic (exact) mass is 233 g/mol. The minimum Gasteiger partial charge on any atom is -0.343 e. The summed E-state index contributed by atoms with van der Waals surface area (Å²) in [6, 6.07) is 0. The van der Waals surface area contributed by atoms with Gasteiger partial charge in [-0.25, -0.2) is 9.97 Å². The van der Waals surface area contributed by atoms with Gasteiger partial charge in [0.05, 0.1) is 11.4 Å². The van der Waals surface area contributed by atoms with Crippen LogP contribution in [0.25, 0.3) is 11.3 Å². The summed E-state index contributed by atoms with van der Waals surface area (Å²) in [7, 11) is 1.99. The van der Waals surface area contributed by atoms with E-state index in [-0.39, 0.29) is 0 Å². The lowest BCUT2D eigenvalue weighted by Crippen LogP contribution is -2.24. The summed E-state index contributed by atoms with van der Waals surface area (Å²) < 4.78 is 2.02. The van der Waals surface area contributed by atoms with Crippen molar-refractivity contribution < 1.29 is 0 Å². The highest BCUT2D eigenvalue weighted by Gasteiger charge is 2.15. The molecule has 0 saturated carbocycles. The van der Waals surface area contributed by atoms with Crippen LogP contribution in [0.5, 0.6) is 0 Å². The highest BCUT2D eigenvalue weighted by atomic mass is 15.3. The molecule has 0 saturated heterocycles. The first-order valence-electron chi connectivity index (χ1n) is 6.01. The lowest BCUT2D eigenvalue weighted by atomic mass is 10.3. The van der Waals surface area contributed by atoms with Gasteiger partial charge < -0.3 is 4.90 Å². The number of hydrogen-bond donors (Lipinski definition) is 0. The SMILES string of the molecule is CCN(CC)c1nc2nc(C)c(C)nc2n1C. The molecule has 0 aliphatic heterocycles. The van der Waals surface area contributed by atoms with Gasteiger partial charge in [-0.15, -0.1) is 0 Å². The molecule has 0 aliphatic rings. The molecule has 0 aromatic carbocycles. The Kier molecular flexibility index (Phi) is 3.00. The van der Waals surface area contributed by atoms with Gasteiger partial charge in [0.15, 0.2) is 11.3 Å². The summed E-state index contributed by atoms with van der Waals surface area (Å²) >= 11 is 0. The van der Waals surface area contributed by atoms with E-state index in [2.05, 4.69) is 33.7 Å². The van der Waals surface area contributed by atoms with Gasteiger partial charge in [0, 0.05) is 20.1 Å². The number of aryl methyl sites for hydroxylation is 3. The van der Waals surface area contributed by atoms with Crippen molar-refractivity contribution in [3.8, 4) is 0 Å². The van der Waals surface area contributed by atoms with Gasteiger partial charge >= 0.3 is 0 Å². The zero-order valence-corrected chi connectivity index (χ0v) is 11.2. The molecule has 5 heteroatoms. The number of imidazole rings is 1. The molecule has 2 aromatic rings. The smallest absolute Gasteiger partial charge is 0.209 e. The molecule has 0 amide bonds. The first-order chi connectivity index (χ1) is 8.08. The van der Waals surface area contributed by atoms with Crippen molar-refractivity contribution in [3.63, 3.8) is 0 Å². The van der Waals surface area contributed by atoms with Crippen molar-refractivity contribution in [1.29, 1.82) is 0 Å². The van der Waals surface area contributed by atoms with Crippen molar-refractivity contribution in [2.24, 2.45) is 7.05 Å². The van der Waals surface area contributed by atoms with E-state index in [0.717, 1.165) is 41.7 Å². The maximum absolute atomic E-state index is 4.57. The lowest BCUT2D eigenvalue weighted by Gasteiger charge is -2.19. The molecule has 0 unspecified atom stereocenters. The van der Waals surface area contributed by atoms with Gasteiger partial charge in [-0.3, -0.25) is 4.57 Å². The van der Waals surface area contributed by atoms with Crippen LogP contribution in [0.15, 0.2) is 0 Å². The quantitative estimate of drug-likeness (QED) is 0.811. The summed E-state index contributed by atoms with van der Waals surface area (Å²) in [6.07, 6.45) is 0. The van der Waals surface area contributed by atoms with E-state index >= 15 is 0 Å². The Balaban J connectivity index is 2.64. The summed E-state index contributed by atoms with van der Waals surface area (Å²) in [4.78, 5) is 15.8. The molecule has 0 atom stereocenters. The van der Waals surface area contributed by atoms with Crippen LogP contribution in [-0.2, 0) is 7.05 Å². The fraction of sp³-hybridized carbons (Fsp3) is 0.583. The average molecular weight is 233 g/mol. The third-order valence-corrected chi connectivity index (χ3v) is 3.14. The predicted molar refractivity (Wildman–Crippen MR) is 69.3 cm³/mol. The van der Waals surface area contributed by atoms with Crippen LogP contribution in [0.2, 0.25) is 0 Å². The number of fused-ring (bicyclic) bond motifs is 1. The van der Waals surface area contributed by atoms with Crippen LogP contribution in [0.4, 0.5) is 5.95 Å². The van der Waals surface area contributed by atoms with Crippen LogP contribution in [-0.4, -0.2) is 32.6 Å². The van der Waals surface area contributed by atoms with Crippen LogP contribution < -0.4 is 4.90 Å². The average Bonchev–Trinajstić information content (AvgIpc) is 2.60. The minimum absolute atomic E-state index is 0.734. The standard InChI is InChI=1S/C12H19N5/c1-6-17(7-2)12-15-10-11(16(12)5)14-9(4)8(3)13-10/h6-7H2,1-5H3. The van der Waals surface area contributed by atoms with Crippen LogP contribution >= 0.6 is 0 Å². The Hall–Kier alpha value is -1.65. The van der Waals surface area contributed by atoms with Crippen LogP contribution in [0.1, 0.15) is 25.2 Å². The molecular weight excluding hydrogens is 214 g/mol. The van der Waals surface area contributed by atoms with Crippen molar-refractivity contribution in [1.82, 2.24) is 19.5 Å². The van der Waals surface area contributed by atoms with E-state index in [1.54, 1.807) is 0 Å². The second-order valence-electron chi connectivity index (χ2n) is 4.18. The van der Waals surface area contributed by atoms with Crippen molar-refractivity contribution >= 4 is 17.2 Å². The van der Waals surface area contributed by atoms with Crippen molar-refractivity contribution in [2.75, 3.05) is 18.0 Å². The molecular formula is C12H19N5. The molecule has 0 radical (unpaired) electrons. The molecule has 0 spiro atoms. The Labute approximate surface area is 102 Å². The number of hydrogen-bond acceptors (Lipinski definition) is 4. The Morgan fingerprint density at radius 2 is 1.59 bits per heavy atom. The van der Waals surface area contributed by atoms with E-state index < -0.39 is 0 Å². The molecule has 2 rings (SSSR count). The third kappa shape index (κ3) is 1.85. The fourth-order valence-corrected chi connectivity index (χ4v) is 1.93. The predicted octanol–water partition coefficient (Wildman–Crippen LogP) is 1.83. The largest absolute Gasteiger partial charge is 0.343 e. The highest BCUT2D eigenvalue weighted by Crippen LogP contribution is 2.19. The van der Waals surface area contributed by atoms with E-state index in [0.29, 0.717) is 0 Å². The van der Waals surface area contributed by atoms with Gasteiger partial charge in [0.2, 0.25) is 5.95 Å². The van der Waals surface area contributed by atoms with Crippen molar-refractivity contribution in [2.45, 2.75) is 27.7 Å². The van der Waals surface area contributed by atoms with E-state index in [4.69, 9.17) is 0 Å². The fourth-order valence-electron chi connectivity index (χ4n) is 1.93. The van der Waals surface area contributed by atoms with E-state index in [1.807, 2.05) is 25.5 Å². The molecule has 0 N–H and O–H groups in total. The van der Waals surface area contributed by atoms with E-state index in [1.165, 1.54) is 0 Å². The topological polar surface area (TPSA) is 46.8 Å². The summed E-state index contributed by atoms with van der Waals surface area (Å²) in [6.45, 7) is 10.1. The number of nitrogens with zero attached hydrogens (tertiary/aromatic N) is 5. The number of anilines is 1. The third-order valence-electron chi connectivity index (χ3n) is 3.14. The summed E-state index contributed by atoms with van der Waals surface area (Å²) in [5, 5.41) is 0. The molecule has 0 aliphatic carbocycles. The van der Waals surface area contributed by atoms with Gasteiger partial charge in [-0.1, -0.05) is 0 Å². The van der Waals surface area contributed by atoms with Crippen molar-refractivity contribution in [3.05, 3.63) is 11.4 Å². The Morgan fingerprint density at radius 1 is 1.00 bits per heavy atom. The van der Waals surface area contributed by atoms with Gasteiger partial charge in [0.1, 0.15) is 0 Å². The molecule has 17 heavy (non-hydrogen) atoms. The summed E-state index contributed by atoms with van der Waals surface area (Å²) in [5.74, 6) is 0.940. The van der Waals surface area contributed by atoms with Gasteiger partial charge in [-0.2, -0.15) is 4.98 Å². The second kappa shape index (κ2) is 4.31. The Bertz CT molecular complexity index is 539. The zero-order valence-electron chi connectivity index (χ0n) is 11.2. The van der Waals surface area contributed by atoms with Crippen LogP contribution in [0.3, 0.4) is 0 Å². The summed E-state index contributed by atoms with van der Waals surface area (Å²) in [5.41, 5.74) is 3.50. The number of rotatable bonds is 3. The highest BCUT2D eigenvalue weighted by molar-refractivity contribution is 5.70. The second-order valence-corrected chi connectivity index (χ2v) is 4.18. The minimum atomic E-state index is 0.734. The maximum Gasteiger partial charge on any atom is 0.209 e. The van der Waals surface area contributed by atoms with E-state index in [9.17, 15) is 0 Å². The molecule has 92 valence electrons. The lowest BCUT2D eigenvalue weighted by molar-refractivity contribution is 0.782. The Morgan fingerprint density at radius 3 is 2.18 bits per heavy atom. The first kappa shape index (κ1) is 11.8. The molecule has 0 bridgehead atoms. The molecule has 2 heterocycles. The molecule has 2 aromatic heterocycles. The molecule has 0 fully saturated rings. The normalized spacial score (nSPS) is 11.1. The van der Waals surface area contributed by atoms with Crippen LogP contribution in [0, 0.1) is 13.8 Å². The van der Waals surface area contributed by atoms with Gasteiger partial charge in [-0.05, 0) is 27.7 Å². The molecule has 5 nitrogen and oxygen atoms in total. The first-order valence-corrected chi connectivity index (χ1v) is 6.01. The van der Waals surface area contributed by atoms with Gasteiger partial charge in [0.25, 0.3) is 0 Å². The zero-order chi connectivity index (χ0) is 12.6. The number of aromatic nitrogens is 4. The maximum atomic E-state index is 4.57.